The van der Waals surface area contributed by atoms with E-state index in [0.717, 1.165) is 5.69 Å². The molecular weight excluding hydrogens is 380 g/mol. The number of carbonyl (C=O) groups is 1. The Balaban J connectivity index is 1.57. The molecule has 30 heavy (non-hydrogen) atoms. The SMILES string of the molecule is Cn1nc(C(=O)N2CCN(c3cc(C#N)cc(C#N)c3)CC2)c2ccccc2c1=O. The van der Waals surface area contributed by atoms with E-state index in [1.54, 1.807) is 54.4 Å². The highest BCUT2D eigenvalue weighted by atomic mass is 16.2. The van der Waals surface area contributed by atoms with Crippen LogP contribution in [0.15, 0.2) is 47.3 Å². The van der Waals surface area contributed by atoms with Crippen LogP contribution >= 0.6 is 0 Å². The third-order valence-electron chi connectivity index (χ3n) is 5.27. The molecule has 0 unspecified atom stereocenters. The van der Waals surface area contributed by atoms with Gasteiger partial charge in [-0.2, -0.15) is 15.6 Å². The number of hydrogen-bond acceptors (Lipinski definition) is 6. The number of fused-ring (bicyclic) bond motifs is 1. The van der Waals surface area contributed by atoms with E-state index in [9.17, 15) is 20.1 Å². The van der Waals surface area contributed by atoms with E-state index < -0.39 is 0 Å². The molecule has 1 fully saturated rings. The van der Waals surface area contributed by atoms with Crippen molar-refractivity contribution >= 4 is 22.4 Å². The lowest BCUT2D eigenvalue weighted by molar-refractivity contribution is 0.0740. The molecular formula is C22H18N6O2. The van der Waals surface area contributed by atoms with Crippen LogP contribution in [-0.4, -0.2) is 46.8 Å². The molecule has 8 heteroatoms. The second kappa shape index (κ2) is 7.69. The maximum Gasteiger partial charge on any atom is 0.275 e. The Labute approximate surface area is 172 Å². The number of nitrogens with zero attached hydrogens (tertiary/aromatic N) is 6. The molecule has 0 radical (unpaired) electrons. The zero-order valence-electron chi connectivity index (χ0n) is 16.4. The summed E-state index contributed by atoms with van der Waals surface area (Å²) in [6.45, 7) is 2.07. The molecule has 2 aromatic carbocycles. The molecule has 0 atom stereocenters. The van der Waals surface area contributed by atoms with Crippen LogP contribution in [-0.2, 0) is 7.05 Å². The Morgan fingerprint density at radius 2 is 1.57 bits per heavy atom. The normalized spacial score (nSPS) is 13.7. The van der Waals surface area contributed by atoms with Gasteiger partial charge in [0.25, 0.3) is 11.5 Å². The molecule has 0 saturated carbocycles. The lowest BCUT2D eigenvalue weighted by atomic mass is 10.1. The van der Waals surface area contributed by atoms with Crippen LogP contribution < -0.4 is 10.5 Å². The second-order valence-corrected chi connectivity index (χ2v) is 7.09. The van der Waals surface area contributed by atoms with Crippen molar-refractivity contribution in [1.82, 2.24) is 14.7 Å². The van der Waals surface area contributed by atoms with E-state index >= 15 is 0 Å². The van der Waals surface area contributed by atoms with Gasteiger partial charge in [0.15, 0.2) is 5.69 Å². The van der Waals surface area contributed by atoms with E-state index in [1.165, 1.54) is 4.68 Å². The van der Waals surface area contributed by atoms with Crippen LogP contribution in [0, 0.1) is 22.7 Å². The summed E-state index contributed by atoms with van der Waals surface area (Å²) in [5.41, 5.74) is 1.69. The minimum atomic E-state index is -0.238. The summed E-state index contributed by atoms with van der Waals surface area (Å²) in [6.07, 6.45) is 0. The van der Waals surface area contributed by atoms with E-state index in [0.29, 0.717) is 48.1 Å². The number of hydrogen-bond donors (Lipinski definition) is 0. The summed E-state index contributed by atoms with van der Waals surface area (Å²) < 4.78 is 1.20. The maximum absolute atomic E-state index is 13.2. The molecule has 0 spiro atoms. The summed E-state index contributed by atoms with van der Waals surface area (Å²) in [7, 11) is 1.54. The van der Waals surface area contributed by atoms with Gasteiger partial charge in [0.2, 0.25) is 0 Å². The number of carbonyl (C=O) groups excluding carboxylic acids is 1. The first-order valence-electron chi connectivity index (χ1n) is 9.47. The third kappa shape index (κ3) is 3.36. The Hall–Kier alpha value is -4.17. The highest BCUT2D eigenvalue weighted by molar-refractivity contribution is 6.04. The van der Waals surface area contributed by atoms with Crippen molar-refractivity contribution in [1.29, 1.82) is 10.5 Å². The molecule has 0 bridgehead atoms. The van der Waals surface area contributed by atoms with Gasteiger partial charge in [-0.3, -0.25) is 9.59 Å². The maximum atomic E-state index is 13.2. The van der Waals surface area contributed by atoms with Gasteiger partial charge in [-0.05, 0) is 24.3 Å². The predicted molar refractivity (Wildman–Crippen MR) is 111 cm³/mol. The minimum absolute atomic E-state index is 0.218. The Morgan fingerprint density at radius 3 is 2.17 bits per heavy atom. The first-order valence-corrected chi connectivity index (χ1v) is 9.47. The fraction of sp³-hybridized carbons (Fsp3) is 0.227. The van der Waals surface area contributed by atoms with Crippen molar-refractivity contribution in [3.63, 3.8) is 0 Å². The van der Waals surface area contributed by atoms with Crippen LogP contribution in [0.5, 0.6) is 0 Å². The van der Waals surface area contributed by atoms with Gasteiger partial charge in [-0.1, -0.05) is 18.2 Å². The number of anilines is 1. The summed E-state index contributed by atoms with van der Waals surface area (Å²) in [4.78, 5) is 29.2. The lowest BCUT2D eigenvalue weighted by Crippen LogP contribution is -2.49. The van der Waals surface area contributed by atoms with E-state index in [1.807, 2.05) is 0 Å². The molecule has 1 amide bonds. The molecule has 1 aromatic heterocycles. The number of aromatic nitrogens is 2. The number of nitriles is 2. The molecule has 2 heterocycles. The van der Waals surface area contributed by atoms with E-state index in [-0.39, 0.29) is 17.2 Å². The molecule has 3 aromatic rings. The highest BCUT2D eigenvalue weighted by Gasteiger charge is 2.26. The van der Waals surface area contributed by atoms with E-state index in [4.69, 9.17) is 0 Å². The van der Waals surface area contributed by atoms with Crippen molar-refractivity contribution in [2.24, 2.45) is 7.05 Å². The molecule has 0 aliphatic carbocycles. The Bertz CT molecular complexity index is 1260. The van der Waals surface area contributed by atoms with Crippen LogP contribution in [0.4, 0.5) is 5.69 Å². The van der Waals surface area contributed by atoms with Gasteiger partial charge in [0.1, 0.15) is 0 Å². The van der Waals surface area contributed by atoms with Crippen molar-refractivity contribution < 1.29 is 4.79 Å². The lowest BCUT2D eigenvalue weighted by Gasteiger charge is -2.36. The van der Waals surface area contributed by atoms with Crippen molar-refractivity contribution in [2.75, 3.05) is 31.1 Å². The van der Waals surface area contributed by atoms with Crippen LogP contribution in [0.2, 0.25) is 0 Å². The summed E-state index contributed by atoms with van der Waals surface area (Å²) in [5, 5.41) is 23.6. The fourth-order valence-electron chi connectivity index (χ4n) is 3.70. The second-order valence-electron chi connectivity index (χ2n) is 7.09. The average Bonchev–Trinajstić information content (AvgIpc) is 2.80. The van der Waals surface area contributed by atoms with Crippen LogP contribution in [0.1, 0.15) is 21.6 Å². The summed E-state index contributed by atoms with van der Waals surface area (Å²) in [6, 6.07) is 16.2. The zero-order valence-corrected chi connectivity index (χ0v) is 16.4. The standard InChI is InChI=1S/C22H18N6O2/c1-26-21(29)19-5-3-2-4-18(19)20(25-26)22(30)28-8-6-27(7-9-28)17-11-15(13-23)10-16(12-17)14-24/h2-5,10-12H,6-9H2,1H3. The molecule has 1 aliphatic rings. The monoisotopic (exact) mass is 398 g/mol. The van der Waals surface area contributed by atoms with Gasteiger partial charge in [0, 0.05) is 44.3 Å². The van der Waals surface area contributed by atoms with Gasteiger partial charge in [0.05, 0.1) is 28.7 Å². The predicted octanol–water partition coefficient (Wildman–Crippen LogP) is 1.64. The van der Waals surface area contributed by atoms with Gasteiger partial charge in [-0.25, -0.2) is 4.68 Å². The summed E-state index contributed by atoms with van der Waals surface area (Å²) >= 11 is 0. The van der Waals surface area contributed by atoms with E-state index in [2.05, 4.69) is 22.1 Å². The number of piperazine rings is 1. The van der Waals surface area contributed by atoms with Crippen molar-refractivity contribution in [2.45, 2.75) is 0 Å². The first-order chi connectivity index (χ1) is 14.5. The quantitative estimate of drug-likeness (QED) is 0.650. The largest absolute Gasteiger partial charge is 0.368 e. The molecule has 0 N–H and O–H groups in total. The number of amides is 1. The van der Waals surface area contributed by atoms with Crippen molar-refractivity contribution in [3.05, 3.63) is 69.6 Å². The molecule has 1 saturated heterocycles. The average molecular weight is 398 g/mol. The van der Waals surface area contributed by atoms with Gasteiger partial charge in [-0.15, -0.1) is 0 Å². The molecule has 148 valence electrons. The van der Waals surface area contributed by atoms with Gasteiger partial charge >= 0.3 is 0 Å². The third-order valence-corrected chi connectivity index (χ3v) is 5.27. The molecule has 8 nitrogen and oxygen atoms in total. The molecule has 1 aliphatic heterocycles. The number of aryl methyl sites for hydroxylation is 1. The van der Waals surface area contributed by atoms with Crippen molar-refractivity contribution in [3.8, 4) is 12.1 Å². The summed E-state index contributed by atoms with van der Waals surface area (Å²) in [5.74, 6) is -0.218. The highest BCUT2D eigenvalue weighted by Crippen LogP contribution is 2.22. The molecule has 4 rings (SSSR count). The van der Waals surface area contributed by atoms with Crippen LogP contribution in [0.3, 0.4) is 0 Å². The van der Waals surface area contributed by atoms with Gasteiger partial charge < -0.3 is 9.80 Å². The zero-order chi connectivity index (χ0) is 21.3. The fourth-order valence-corrected chi connectivity index (χ4v) is 3.70. The Kier molecular flexibility index (Phi) is 4.91. The first kappa shape index (κ1) is 19.2. The number of rotatable bonds is 2. The van der Waals surface area contributed by atoms with Crippen LogP contribution in [0.25, 0.3) is 10.8 Å². The smallest absolute Gasteiger partial charge is 0.275 e. The Morgan fingerprint density at radius 1 is 0.967 bits per heavy atom. The topological polar surface area (TPSA) is 106 Å². The number of benzene rings is 2. The minimum Gasteiger partial charge on any atom is -0.368 e.